The molecular formula is C18H26N2O9S. The van der Waals surface area contributed by atoms with E-state index < -0.39 is 59.4 Å². The first kappa shape index (κ1) is 24.1. The summed E-state index contributed by atoms with van der Waals surface area (Å²) in [7, 11) is 0. The molecule has 2 aliphatic rings. The normalized spacial score (nSPS) is 28.9. The third kappa shape index (κ3) is 7.24. The van der Waals surface area contributed by atoms with E-state index in [1.54, 1.807) is 0 Å². The van der Waals surface area contributed by atoms with Crippen molar-refractivity contribution in [2.24, 2.45) is 10.2 Å². The number of hydrogen-bond acceptors (Lipinski definition) is 12. The van der Waals surface area contributed by atoms with Gasteiger partial charge in [-0.15, -0.1) is 11.8 Å². The van der Waals surface area contributed by atoms with Crippen molar-refractivity contribution in [3.63, 3.8) is 0 Å². The van der Waals surface area contributed by atoms with E-state index >= 15 is 0 Å². The number of rotatable bonds is 9. The van der Waals surface area contributed by atoms with E-state index in [4.69, 9.17) is 23.7 Å². The van der Waals surface area contributed by atoms with Crippen molar-refractivity contribution in [2.45, 2.75) is 76.6 Å². The van der Waals surface area contributed by atoms with Crippen LogP contribution in [0.3, 0.4) is 0 Å². The smallest absolute Gasteiger partial charge is 0.303 e. The Bertz CT molecular complexity index is 708. The maximum absolute atomic E-state index is 11.7. The summed E-state index contributed by atoms with van der Waals surface area (Å²) in [5.41, 5.74) is -1.20. The van der Waals surface area contributed by atoms with Gasteiger partial charge in [-0.3, -0.25) is 19.2 Å². The fourth-order valence-corrected chi connectivity index (χ4v) is 4.23. The summed E-state index contributed by atoms with van der Waals surface area (Å²) in [5, 5.41) is 7.90. The second kappa shape index (κ2) is 10.2. The van der Waals surface area contributed by atoms with Crippen molar-refractivity contribution < 1.29 is 42.9 Å². The number of thioether (sulfide) groups is 1. The molecule has 5 atom stereocenters. The maximum atomic E-state index is 11.7. The lowest BCUT2D eigenvalue weighted by molar-refractivity contribution is -0.237. The van der Waals surface area contributed by atoms with Gasteiger partial charge in [0, 0.05) is 39.9 Å². The first-order valence-corrected chi connectivity index (χ1v) is 10.4. The topological polar surface area (TPSA) is 139 Å². The number of ether oxygens (including phenoxy) is 5. The molecule has 2 rings (SSSR count). The van der Waals surface area contributed by atoms with Crippen LogP contribution in [0.15, 0.2) is 10.2 Å². The van der Waals surface area contributed by atoms with Crippen LogP contribution in [0.2, 0.25) is 0 Å². The Balaban J connectivity index is 2.27. The molecule has 30 heavy (non-hydrogen) atoms. The fraction of sp³-hybridized carbons (Fsp3) is 0.778. The van der Waals surface area contributed by atoms with E-state index in [9.17, 15) is 19.2 Å². The summed E-state index contributed by atoms with van der Waals surface area (Å²) in [5.74, 6) is -1.94. The lowest BCUT2D eigenvalue weighted by Gasteiger charge is -2.44. The van der Waals surface area contributed by atoms with Crippen molar-refractivity contribution in [1.82, 2.24) is 0 Å². The van der Waals surface area contributed by atoms with Crippen LogP contribution in [-0.2, 0) is 42.9 Å². The zero-order chi connectivity index (χ0) is 22.5. The highest BCUT2D eigenvalue weighted by Gasteiger charge is 2.52. The van der Waals surface area contributed by atoms with Crippen LogP contribution >= 0.6 is 11.8 Å². The first-order chi connectivity index (χ1) is 14.0. The lowest BCUT2D eigenvalue weighted by Crippen LogP contribution is -2.61. The van der Waals surface area contributed by atoms with Gasteiger partial charge in [0.2, 0.25) is 0 Å². The van der Waals surface area contributed by atoms with Crippen LogP contribution < -0.4 is 0 Å². The Hall–Kier alpha value is -2.21. The minimum Gasteiger partial charge on any atom is -0.463 e. The molecule has 1 saturated heterocycles. The summed E-state index contributed by atoms with van der Waals surface area (Å²) in [6, 6.07) is 0. The predicted octanol–water partition coefficient (Wildman–Crippen LogP) is 1.37. The Morgan fingerprint density at radius 1 is 0.867 bits per heavy atom. The predicted molar refractivity (Wildman–Crippen MR) is 102 cm³/mol. The van der Waals surface area contributed by atoms with Gasteiger partial charge in [0.1, 0.15) is 18.1 Å². The quantitative estimate of drug-likeness (QED) is 0.377. The molecule has 0 aromatic carbocycles. The molecule has 0 N–H and O–H groups in total. The first-order valence-electron chi connectivity index (χ1n) is 9.37. The largest absolute Gasteiger partial charge is 0.463 e. The Morgan fingerprint density at radius 2 is 1.40 bits per heavy atom. The molecule has 12 heteroatoms. The highest BCUT2D eigenvalue weighted by Crippen LogP contribution is 2.37. The Morgan fingerprint density at radius 3 is 1.90 bits per heavy atom. The molecule has 2 aliphatic heterocycles. The Labute approximate surface area is 178 Å². The molecule has 0 radical (unpaired) electrons. The molecule has 0 aromatic heterocycles. The monoisotopic (exact) mass is 446 g/mol. The van der Waals surface area contributed by atoms with Crippen LogP contribution in [0, 0.1) is 0 Å². The van der Waals surface area contributed by atoms with Crippen molar-refractivity contribution in [2.75, 3.05) is 12.4 Å². The Kier molecular flexibility index (Phi) is 8.18. The maximum Gasteiger partial charge on any atom is 0.303 e. The minimum absolute atomic E-state index is 0.239. The van der Waals surface area contributed by atoms with Gasteiger partial charge in [0.25, 0.3) is 0 Å². The second-order valence-electron chi connectivity index (χ2n) is 7.11. The number of carbonyl (C=O) groups is 4. The third-order valence-electron chi connectivity index (χ3n) is 4.25. The SMILES string of the molecule is CC(=O)OC[C@H]1O[C@@H](SCCC2(C)N=N2)[C@H](OC(C)=O)[C@@H](OC(C)=O)[C@@H]1OC(C)=O. The van der Waals surface area contributed by atoms with Gasteiger partial charge in [0.05, 0.1) is 0 Å². The molecule has 0 amide bonds. The highest BCUT2D eigenvalue weighted by atomic mass is 32.2. The van der Waals surface area contributed by atoms with Gasteiger partial charge in [0.15, 0.2) is 24.0 Å². The zero-order valence-electron chi connectivity index (χ0n) is 17.5. The third-order valence-corrected chi connectivity index (χ3v) is 5.40. The van der Waals surface area contributed by atoms with E-state index in [0.29, 0.717) is 12.2 Å². The molecule has 0 saturated carbocycles. The molecule has 0 unspecified atom stereocenters. The number of nitrogens with zero attached hydrogens (tertiary/aromatic N) is 2. The molecule has 11 nitrogen and oxygen atoms in total. The lowest BCUT2D eigenvalue weighted by atomic mass is 9.99. The molecule has 0 aromatic rings. The molecule has 2 heterocycles. The molecular weight excluding hydrogens is 420 g/mol. The van der Waals surface area contributed by atoms with Gasteiger partial charge < -0.3 is 23.7 Å². The van der Waals surface area contributed by atoms with E-state index in [0.717, 1.165) is 0 Å². The molecule has 168 valence electrons. The minimum atomic E-state index is -1.15. The summed E-state index contributed by atoms with van der Waals surface area (Å²) in [6.07, 6.45) is -3.64. The van der Waals surface area contributed by atoms with Gasteiger partial charge in [-0.25, -0.2) is 0 Å². The van der Waals surface area contributed by atoms with E-state index in [1.165, 1.54) is 39.5 Å². The molecule has 1 fully saturated rings. The number of carbonyl (C=O) groups excluding carboxylic acids is 4. The van der Waals surface area contributed by atoms with Crippen molar-refractivity contribution >= 4 is 35.6 Å². The summed E-state index contributed by atoms with van der Waals surface area (Å²) in [4.78, 5) is 46.4. The van der Waals surface area contributed by atoms with Gasteiger partial charge in [-0.05, 0) is 6.92 Å². The summed E-state index contributed by atoms with van der Waals surface area (Å²) < 4.78 is 27.1. The van der Waals surface area contributed by atoms with Crippen LogP contribution in [0.4, 0.5) is 0 Å². The van der Waals surface area contributed by atoms with Crippen LogP contribution in [0.25, 0.3) is 0 Å². The van der Waals surface area contributed by atoms with E-state index in [1.807, 2.05) is 6.92 Å². The van der Waals surface area contributed by atoms with Crippen LogP contribution in [-0.4, -0.2) is 71.8 Å². The average Bonchev–Trinajstić information content (AvgIpc) is 3.34. The van der Waals surface area contributed by atoms with Crippen molar-refractivity contribution in [1.29, 1.82) is 0 Å². The van der Waals surface area contributed by atoms with E-state index in [2.05, 4.69) is 10.2 Å². The zero-order valence-corrected chi connectivity index (χ0v) is 18.3. The van der Waals surface area contributed by atoms with Gasteiger partial charge in [-0.2, -0.15) is 10.2 Å². The van der Waals surface area contributed by atoms with Gasteiger partial charge >= 0.3 is 23.9 Å². The van der Waals surface area contributed by atoms with Crippen molar-refractivity contribution in [3.05, 3.63) is 0 Å². The molecule has 0 spiro atoms. The van der Waals surface area contributed by atoms with E-state index in [-0.39, 0.29) is 6.61 Å². The van der Waals surface area contributed by atoms with Crippen molar-refractivity contribution in [3.8, 4) is 0 Å². The van der Waals surface area contributed by atoms with Crippen LogP contribution in [0.5, 0.6) is 0 Å². The second-order valence-corrected chi connectivity index (χ2v) is 8.31. The molecule has 0 bridgehead atoms. The van der Waals surface area contributed by atoms with Crippen LogP contribution in [0.1, 0.15) is 41.0 Å². The highest BCUT2D eigenvalue weighted by molar-refractivity contribution is 7.99. The fourth-order valence-electron chi connectivity index (χ4n) is 2.88. The number of hydrogen-bond donors (Lipinski definition) is 0. The summed E-state index contributed by atoms with van der Waals surface area (Å²) in [6.45, 7) is 6.44. The number of esters is 4. The average molecular weight is 446 g/mol. The van der Waals surface area contributed by atoms with Gasteiger partial charge in [-0.1, -0.05) is 0 Å². The summed E-state index contributed by atoms with van der Waals surface area (Å²) >= 11 is 1.31. The molecule has 0 aliphatic carbocycles. The standard InChI is InChI=1S/C18H26N2O9S/c1-9(21)25-8-13-14(26-10(2)22)15(27-11(3)23)16(28-12(4)24)17(29-13)30-7-6-18(5)19-20-18/h13-17H,6-8H2,1-5H3/t13-,14-,15+,16-,17+/m1/s1.